The van der Waals surface area contributed by atoms with Crippen LogP contribution in [0, 0.1) is 0 Å². The summed E-state index contributed by atoms with van der Waals surface area (Å²) in [5.41, 5.74) is 7.65. The van der Waals surface area contributed by atoms with Crippen molar-refractivity contribution in [1.82, 2.24) is 4.90 Å². The minimum atomic E-state index is 0.335. The van der Waals surface area contributed by atoms with Gasteiger partial charge in [-0.3, -0.25) is 4.90 Å². The number of hydrogen-bond donors (Lipinski definition) is 1. The van der Waals surface area contributed by atoms with E-state index >= 15 is 0 Å². The van der Waals surface area contributed by atoms with Crippen LogP contribution in [0.2, 0.25) is 0 Å². The van der Waals surface area contributed by atoms with Gasteiger partial charge in [0.05, 0.1) is 0 Å². The van der Waals surface area contributed by atoms with Gasteiger partial charge in [0.1, 0.15) is 0 Å². The molecule has 2 N–H and O–H groups in total. The van der Waals surface area contributed by atoms with Gasteiger partial charge >= 0.3 is 0 Å². The number of hydrogen-bond acceptors (Lipinski definition) is 4. The van der Waals surface area contributed by atoms with Crippen LogP contribution in [0.1, 0.15) is 24.8 Å². The third kappa shape index (κ3) is 4.62. The molecular weight excluding hydrogens is 248 g/mol. The molecule has 17 heavy (non-hydrogen) atoms. The molecule has 1 fully saturated rings. The molecule has 1 heterocycles. The molecule has 0 aromatic carbocycles. The highest BCUT2D eigenvalue weighted by molar-refractivity contribution is 7.98. The Hall–Kier alpha value is -0.0300. The Bertz CT molecular complexity index is 309. The Morgan fingerprint density at radius 1 is 1.59 bits per heavy atom. The Labute approximate surface area is 113 Å². The molecule has 1 aromatic rings. The van der Waals surface area contributed by atoms with Crippen molar-refractivity contribution in [3.05, 3.63) is 22.4 Å². The molecule has 1 aliphatic rings. The molecule has 96 valence electrons. The van der Waals surface area contributed by atoms with E-state index in [-0.39, 0.29) is 0 Å². The van der Waals surface area contributed by atoms with Crippen LogP contribution in [0.5, 0.6) is 0 Å². The van der Waals surface area contributed by atoms with Crippen molar-refractivity contribution in [2.45, 2.75) is 37.9 Å². The van der Waals surface area contributed by atoms with Gasteiger partial charge in [0.2, 0.25) is 0 Å². The van der Waals surface area contributed by atoms with Crippen molar-refractivity contribution in [2.75, 3.05) is 18.6 Å². The highest BCUT2D eigenvalue weighted by Crippen LogP contribution is 2.28. The van der Waals surface area contributed by atoms with E-state index in [0.717, 1.165) is 25.6 Å². The number of rotatable bonds is 8. The molecule has 4 heteroatoms. The van der Waals surface area contributed by atoms with Gasteiger partial charge in [-0.15, -0.1) is 0 Å². The maximum absolute atomic E-state index is 6.20. The van der Waals surface area contributed by atoms with Crippen molar-refractivity contribution in [3.63, 3.8) is 0 Å². The molecule has 2 rings (SSSR count). The highest BCUT2D eigenvalue weighted by atomic mass is 32.2. The van der Waals surface area contributed by atoms with Crippen molar-refractivity contribution >= 4 is 23.1 Å². The Kier molecular flexibility index (Phi) is 5.35. The molecule has 0 amide bonds. The standard InChI is InChI=1S/C13H22N2S2/c1-16-6-5-12(14)9-15(13-2-3-13)8-11-4-7-17-10-11/h4,7,10,12-13H,2-3,5-6,8-9,14H2,1H3/t12-/m0/s1. The molecule has 1 aromatic heterocycles. The van der Waals surface area contributed by atoms with E-state index in [1.807, 2.05) is 11.8 Å². The summed E-state index contributed by atoms with van der Waals surface area (Å²) in [7, 11) is 0. The summed E-state index contributed by atoms with van der Waals surface area (Å²) in [4.78, 5) is 2.58. The van der Waals surface area contributed by atoms with Crippen LogP contribution in [0.3, 0.4) is 0 Å². The van der Waals surface area contributed by atoms with Gasteiger partial charge in [0.25, 0.3) is 0 Å². The maximum atomic E-state index is 6.20. The first-order valence-corrected chi connectivity index (χ1v) is 8.63. The minimum absolute atomic E-state index is 0.335. The zero-order valence-corrected chi connectivity index (χ0v) is 12.1. The second kappa shape index (κ2) is 6.78. The Balaban J connectivity index is 1.80. The van der Waals surface area contributed by atoms with E-state index in [1.165, 1.54) is 24.2 Å². The van der Waals surface area contributed by atoms with E-state index in [2.05, 4.69) is 28.0 Å². The summed E-state index contributed by atoms with van der Waals surface area (Å²) >= 11 is 3.67. The third-order valence-electron chi connectivity index (χ3n) is 3.19. The second-order valence-electron chi connectivity index (χ2n) is 4.83. The van der Waals surface area contributed by atoms with Gasteiger partial charge in [-0.2, -0.15) is 23.1 Å². The van der Waals surface area contributed by atoms with Gasteiger partial charge in [-0.05, 0) is 53.7 Å². The van der Waals surface area contributed by atoms with Crippen LogP contribution < -0.4 is 5.73 Å². The first-order chi connectivity index (χ1) is 8.29. The van der Waals surface area contributed by atoms with Gasteiger partial charge < -0.3 is 5.73 Å². The monoisotopic (exact) mass is 270 g/mol. The van der Waals surface area contributed by atoms with Crippen LogP contribution in [0.4, 0.5) is 0 Å². The van der Waals surface area contributed by atoms with Gasteiger partial charge in [-0.1, -0.05) is 0 Å². The van der Waals surface area contributed by atoms with E-state index in [0.29, 0.717) is 6.04 Å². The highest BCUT2D eigenvalue weighted by Gasteiger charge is 2.29. The van der Waals surface area contributed by atoms with Crippen molar-refractivity contribution in [3.8, 4) is 0 Å². The summed E-state index contributed by atoms with van der Waals surface area (Å²) in [5, 5.41) is 4.41. The zero-order chi connectivity index (χ0) is 12.1. The molecule has 0 aliphatic heterocycles. The van der Waals surface area contributed by atoms with Gasteiger partial charge in [0.15, 0.2) is 0 Å². The van der Waals surface area contributed by atoms with Crippen LogP contribution in [0.15, 0.2) is 16.8 Å². The Morgan fingerprint density at radius 2 is 2.41 bits per heavy atom. The predicted molar refractivity (Wildman–Crippen MR) is 78.7 cm³/mol. The smallest absolute Gasteiger partial charge is 0.0245 e. The molecule has 1 aliphatic carbocycles. The van der Waals surface area contributed by atoms with E-state index in [1.54, 1.807) is 11.3 Å². The first kappa shape index (κ1) is 13.4. The SMILES string of the molecule is CSCC[C@H](N)CN(Cc1ccsc1)C1CC1. The number of thioether (sulfide) groups is 1. The molecule has 0 radical (unpaired) electrons. The second-order valence-corrected chi connectivity index (χ2v) is 6.60. The fraction of sp³-hybridized carbons (Fsp3) is 0.692. The van der Waals surface area contributed by atoms with E-state index in [9.17, 15) is 0 Å². The normalized spacial score (nSPS) is 17.6. The lowest BCUT2D eigenvalue weighted by atomic mass is 10.2. The summed E-state index contributed by atoms with van der Waals surface area (Å²) in [5.74, 6) is 1.18. The fourth-order valence-electron chi connectivity index (χ4n) is 2.06. The summed E-state index contributed by atoms with van der Waals surface area (Å²) in [6, 6.07) is 3.37. The summed E-state index contributed by atoms with van der Waals surface area (Å²) < 4.78 is 0. The van der Waals surface area contributed by atoms with Crippen LogP contribution >= 0.6 is 23.1 Å². The van der Waals surface area contributed by atoms with Crippen molar-refractivity contribution < 1.29 is 0 Å². The van der Waals surface area contributed by atoms with Crippen molar-refractivity contribution in [1.29, 1.82) is 0 Å². The maximum Gasteiger partial charge on any atom is 0.0245 e. The van der Waals surface area contributed by atoms with Gasteiger partial charge in [-0.25, -0.2) is 0 Å². The van der Waals surface area contributed by atoms with E-state index < -0.39 is 0 Å². The van der Waals surface area contributed by atoms with E-state index in [4.69, 9.17) is 5.73 Å². The lowest BCUT2D eigenvalue weighted by Gasteiger charge is -2.25. The molecular formula is C13H22N2S2. The number of thiophene rings is 1. The molecule has 0 saturated heterocycles. The summed E-state index contributed by atoms with van der Waals surface area (Å²) in [6.07, 6.45) is 6.00. The summed E-state index contributed by atoms with van der Waals surface area (Å²) in [6.45, 7) is 2.14. The first-order valence-electron chi connectivity index (χ1n) is 6.29. The molecule has 0 spiro atoms. The molecule has 1 saturated carbocycles. The topological polar surface area (TPSA) is 29.3 Å². The number of nitrogens with two attached hydrogens (primary N) is 1. The molecule has 2 nitrogen and oxygen atoms in total. The zero-order valence-electron chi connectivity index (χ0n) is 10.5. The predicted octanol–water partition coefficient (Wildman–Crippen LogP) is 2.79. The minimum Gasteiger partial charge on any atom is -0.327 e. The lowest BCUT2D eigenvalue weighted by molar-refractivity contribution is 0.237. The van der Waals surface area contributed by atoms with Gasteiger partial charge in [0, 0.05) is 25.2 Å². The van der Waals surface area contributed by atoms with Crippen LogP contribution in [-0.2, 0) is 6.54 Å². The third-order valence-corrected chi connectivity index (χ3v) is 4.57. The van der Waals surface area contributed by atoms with Crippen LogP contribution in [-0.4, -0.2) is 35.5 Å². The van der Waals surface area contributed by atoms with Crippen LogP contribution in [0.25, 0.3) is 0 Å². The largest absolute Gasteiger partial charge is 0.327 e. The fourth-order valence-corrected chi connectivity index (χ4v) is 3.26. The van der Waals surface area contributed by atoms with Crippen molar-refractivity contribution in [2.24, 2.45) is 5.73 Å². The molecule has 0 unspecified atom stereocenters. The molecule has 1 atom stereocenters. The molecule has 0 bridgehead atoms. The number of nitrogens with zero attached hydrogens (tertiary/aromatic N) is 1. The Morgan fingerprint density at radius 3 is 3.00 bits per heavy atom. The average Bonchev–Trinajstić information content (AvgIpc) is 3.05. The lowest BCUT2D eigenvalue weighted by Crippen LogP contribution is -2.38. The average molecular weight is 270 g/mol. The quantitative estimate of drug-likeness (QED) is 0.787.